The summed E-state index contributed by atoms with van der Waals surface area (Å²) in [5, 5.41) is 0. The number of methoxy groups -OCH3 is 1. The van der Waals surface area contributed by atoms with Gasteiger partial charge >= 0.3 is 0 Å². The summed E-state index contributed by atoms with van der Waals surface area (Å²) in [5.74, 6) is 2.93. The number of alkyl halides is 2. The SMILES string of the molecule is COc1ccc(CCl)cc1Oc1cccc(CCl)c1. The van der Waals surface area contributed by atoms with Crippen molar-refractivity contribution >= 4 is 23.2 Å². The summed E-state index contributed by atoms with van der Waals surface area (Å²) in [6, 6.07) is 13.3. The zero-order chi connectivity index (χ0) is 13.7. The first kappa shape index (κ1) is 14.0. The molecule has 0 atom stereocenters. The Morgan fingerprint density at radius 2 is 1.63 bits per heavy atom. The Hall–Kier alpha value is -1.38. The summed E-state index contributed by atoms with van der Waals surface area (Å²) in [4.78, 5) is 0. The smallest absolute Gasteiger partial charge is 0.169 e. The van der Waals surface area contributed by atoms with Crippen LogP contribution in [-0.2, 0) is 11.8 Å². The number of hydrogen-bond donors (Lipinski definition) is 0. The number of hydrogen-bond acceptors (Lipinski definition) is 2. The molecule has 0 amide bonds. The molecule has 19 heavy (non-hydrogen) atoms. The van der Waals surface area contributed by atoms with Crippen LogP contribution >= 0.6 is 23.2 Å². The lowest BCUT2D eigenvalue weighted by molar-refractivity contribution is 0.378. The standard InChI is InChI=1S/C15H14Cl2O2/c1-18-14-6-5-12(10-17)8-15(14)19-13-4-2-3-11(7-13)9-16/h2-8H,9-10H2,1H3. The van der Waals surface area contributed by atoms with Crippen molar-refractivity contribution in [2.75, 3.05) is 7.11 Å². The predicted molar refractivity (Wildman–Crippen MR) is 78.6 cm³/mol. The van der Waals surface area contributed by atoms with Crippen LogP contribution in [0.3, 0.4) is 0 Å². The molecule has 0 aliphatic heterocycles. The van der Waals surface area contributed by atoms with Gasteiger partial charge in [0.25, 0.3) is 0 Å². The zero-order valence-electron chi connectivity index (χ0n) is 10.5. The predicted octanol–water partition coefficient (Wildman–Crippen LogP) is 4.97. The first-order valence-corrected chi connectivity index (χ1v) is 6.89. The molecule has 0 spiro atoms. The fourth-order valence-corrected chi connectivity index (χ4v) is 2.04. The molecule has 4 heteroatoms. The van der Waals surface area contributed by atoms with Crippen molar-refractivity contribution < 1.29 is 9.47 Å². The Labute approximate surface area is 122 Å². The van der Waals surface area contributed by atoms with E-state index in [0.29, 0.717) is 23.3 Å². The molecule has 0 N–H and O–H groups in total. The Morgan fingerprint density at radius 1 is 0.895 bits per heavy atom. The highest BCUT2D eigenvalue weighted by Gasteiger charge is 2.07. The normalized spacial score (nSPS) is 10.3. The van der Waals surface area contributed by atoms with E-state index in [1.54, 1.807) is 7.11 Å². The summed E-state index contributed by atoms with van der Waals surface area (Å²) < 4.78 is 11.1. The third-order valence-corrected chi connectivity index (χ3v) is 3.28. The molecule has 0 aliphatic rings. The van der Waals surface area contributed by atoms with Crippen LogP contribution in [0.5, 0.6) is 17.2 Å². The quantitative estimate of drug-likeness (QED) is 0.726. The van der Waals surface area contributed by atoms with Gasteiger partial charge in [-0.1, -0.05) is 18.2 Å². The maximum atomic E-state index is 5.84. The van der Waals surface area contributed by atoms with E-state index in [2.05, 4.69) is 0 Å². The topological polar surface area (TPSA) is 18.5 Å². The molecule has 2 aromatic carbocycles. The molecule has 2 rings (SSSR count). The van der Waals surface area contributed by atoms with Crippen molar-refractivity contribution in [2.45, 2.75) is 11.8 Å². The van der Waals surface area contributed by atoms with Crippen LogP contribution in [0.15, 0.2) is 42.5 Å². The second-order valence-corrected chi connectivity index (χ2v) is 4.54. The Bertz CT molecular complexity index is 556. The minimum absolute atomic E-state index is 0.433. The highest BCUT2D eigenvalue weighted by atomic mass is 35.5. The van der Waals surface area contributed by atoms with Crippen molar-refractivity contribution in [3.05, 3.63) is 53.6 Å². The van der Waals surface area contributed by atoms with Gasteiger partial charge in [-0.05, 0) is 35.4 Å². The lowest BCUT2D eigenvalue weighted by atomic mass is 10.2. The Morgan fingerprint density at radius 3 is 2.32 bits per heavy atom. The second-order valence-electron chi connectivity index (χ2n) is 4.00. The van der Waals surface area contributed by atoms with Gasteiger partial charge < -0.3 is 9.47 Å². The van der Waals surface area contributed by atoms with Gasteiger partial charge in [0.15, 0.2) is 11.5 Å². The molecule has 0 unspecified atom stereocenters. The summed E-state index contributed by atoms with van der Waals surface area (Å²) in [7, 11) is 1.61. The molecule has 0 saturated heterocycles. The minimum Gasteiger partial charge on any atom is -0.493 e. The average molecular weight is 297 g/mol. The Balaban J connectivity index is 2.30. The molecular formula is C15H14Cl2O2. The van der Waals surface area contributed by atoms with Gasteiger partial charge in [0.05, 0.1) is 7.11 Å². The molecule has 0 saturated carbocycles. The fourth-order valence-electron chi connectivity index (χ4n) is 1.70. The van der Waals surface area contributed by atoms with Crippen LogP contribution < -0.4 is 9.47 Å². The van der Waals surface area contributed by atoms with Crippen LogP contribution in [0.25, 0.3) is 0 Å². The lowest BCUT2D eigenvalue weighted by Gasteiger charge is -2.12. The van der Waals surface area contributed by atoms with Gasteiger partial charge in [-0.3, -0.25) is 0 Å². The van der Waals surface area contributed by atoms with Crippen molar-refractivity contribution in [3.8, 4) is 17.2 Å². The minimum atomic E-state index is 0.433. The molecule has 0 bridgehead atoms. The van der Waals surface area contributed by atoms with E-state index in [4.69, 9.17) is 32.7 Å². The van der Waals surface area contributed by atoms with Crippen LogP contribution in [0.4, 0.5) is 0 Å². The summed E-state index contributed by atoms with van der Waals surface area (Å²) in [5.41, 5.74) is 1.98. The number of ether oxygens (including phenoxy) is 2. The van der Waals surface area contributed by atoms with E-state index in [1.807, 2.05) is 42.5 Å². The fraction of sp³-hybridized carbons (Fsp3) is 0.200. The highest BCUT2D eigenvalue weighted by molar-refractivity contribution is 6.17. The molecule has 0 aromatic heterocycles. The molecular weight excluding hydrogens is 283 g/mol. The van der Waals surface area contributed by atoms with Crippen molar-refractivity contribution in [1.29, 1.82) is 0 Å². The van der Waals surface area contributed by atoms with Gasteiger partial charge in [-0.15, -0.1) is 23.2 Å². The summed E-state index contributed by atoms with van der Waals surface area (Å²) >= 11 is 11.6. The number of halogens is 2. The van der Waals surface area contributed by atoms with Crippen molar-refractivity contribution in [1.82, 2.24) is 0 Å². The third kappa shape index (κ3) is 3.55. The summed E-state index contributed by atoms with van der Waals surface area (Å²) in [6.45, 7) is 0. The second kappa shape index (κ2) is 6.69. The van der Waals surface area contributed by atoms with Crippen molar-refractivity contribution in [3.63, 3.8) is 0 Å². The molecule has 100 valence electrons. The monoisotopic (exact) mass is 296 g/mol. The maximum absolute atomic E-state index is 5.84. The van der Waals surface area contributed by atoms with Crippen LogP contribution in [0, 0.1) is 0 Å². The summed E-state index contributed by atoms with van der Waals surface area (Å²) in [6.07, 6.45) is 0. The molecule has 0 radical (unpaired) electrons. The van der Waals surface area contributed by atoms with Gasteiger partial charge in [-0.2, -0.15) is 0 Å². The number of benzene rings is 2. The molecule has 0 aliphatic carbocycles. The third-order valence-electron chi connectivity index (χ3n) is 2.66. The Kier molecular flexibility index (Phi) is 4.94. The van der Waals surface area contributed by atoms with Crippen LogP contribution in [-0.4, -0.2) is 7.11 Å². The van der Waals surface area contributed by atoms with Gasteiger partial charge in [0.1, 0.15) is 5.75 Å². The zero-order valence-corrected chi connectivity index (χ0v) is 12.0. The van der Waals surface area contributed by atoms with Gasteiger partial charge in [-0.25, -0.2) is 0 Å². The molecule has 2 aromatic rings. The van der Waals surface area contributed by atoms with Gasteiger partial charge in [0, 0.05) is 11.8 Å². The maximum Gasteiger partial charge on any atom is 0.169 e. The lowest BCUT2D eigenvalue weighted by Crippen LogP contribution is -1.92. The van der Waals surface area contributed by atoms with E-state index in [1.165, 1.54) is 0 Å². The molecule has 0 fully saturated rings. The highest BCUT2D eigenvalue weighted by Crippen LogP contribution is 2.33. The first-order chi connectivity index (χ1) is 9.26. The van der Waals surface area contributed by atoms with Crippen LogP contribution in [0.2, 0.25) is 0 Å². The first-order valence-electron chi connectivity index (χ1n) is 5.82. The molecule has 2 nitrogen and oxygen atoms in total. The largest absolute Gasteiger partial charge is 0.493 e. The van der Waals surface area contributed by atoms with Crippen LogP contribution in [0.1, 0.15) is 11.1 Å². The van der Waals surface area contributed by atoms with E-state index >= 15 is 0 Å². The van der Waals surface area contributed by atoms with E-state index in [9.17, 15) is 0 Å². The van der Waals surface area contributed by atoms with Gasteiger partial charge in [0.2, 0.25) is 0 Å². The van der Waals surface area contributed by atoms with E-state index < -0.39 is 0 Å². The molecule has 0 heterocycles. The van der Waals surface area contributed by atoms with E-state index in [0.717, 1.165) is 16.9 Å². The number of rotatable bonds is 5. The average Bonchev–Trinajstić information content (AvgIpc) is 2.47. The van der Waals surface area contributed by atoms with Crippen molar-refractivity contribution in [2.24, 2.45) is 0 Å². The van der Waals surface area contributed by atoms with E-state index in [-0.39, 0.29) is 0 Å².